The van der Waals surface area contributed by atoms with E-state index >= 15 is 0 Å². The van der Waals surface area contributed by atoms with Gasteiger partial charge < -0.3 is 14.4 Å². The Morgan fingerprint density at radius 1 is 1.41 bits per heavy atom. The van der Waals surface area contributed by atoms with Crippen LogP contribution >= 0.6 is 22.9 Å². The fraction of sp³-hybridized carbons (Fsp3) is 0.421. The molecule has 1 aliphatic rings. The van der Waals surface area contributed by atoms with Crippen molar-refractivity contribution < 1.29 is 19.1 Å². The molecule has 3 rings (SSSR count). The van der Waals surface area contributed by atoms with E-state index < -0.39 is 0 Å². The lowest BCUT2D eigenvalue weighted by Crippen LogP contribution is -2.43. The van der Waals surface area contributed by atoms with Gasteiger partial charge in [0.05, 0.1) is 12.5 Å². The zero-order valence-corrected chi connectivity index (χ0v) is 16.6. The summed E-state index contributed by atoms with van der Waals surface area (Å²) in [6.07, 6.45) is 1.53. The van der Waals surface area contributed by atoms with E-state index in [9.17, 15) is 9.59 Å². The summed E-state index contributed by atoms with van der Waals surface area (Å²) >= 11 is 7.31. The number of thiazole rings is 1. The van der Waals surface area contributed by atoms with E-state index in [1.165, 1.54) is 11.3 Å². The molecule has 144 valence electrons. The van der Waals surface area contributed by atoms with Gasteiger partial charge in [-0.25, -0.2) is 4.98 Å². The molecule has 0 saturated carbocycles. The number of aromatic nitrogens is 1. The van der Waals surface area contributed by atoms with Crippen LogP contribution in [0.3, 0.4) is 0 Å². The molecule has 0 N–H and O–H groups in total. The molecule has 1 aromatic heterocycles. The highest BCUT2D eigenvalue weighted by molar-refractivity contribution is 7.09. The van der Waals surface area contributed by atoms with Crippen molar-refractivity contribution in [2.75, 3.05) is 19.7 Å². The van der Waals surface area contributed by atoms with Gasteiger partial charge in [0.1, 0.15) is 23.1 Å². The smallest absolute Gasteiger partial charge is 0.310 e. The van der Waals surface area contributed by atoms with Crippen molar-refractivity contribution in [2.24, 2.45) is 5.92 Å². The van der Waals surface area contributed by atoms with Gasteiger partial charge in [0, 0.05) is 23.5 Å². The van der Waals surface area contributed by atoms with Crippen LogP contribution in [0, 0.1) is 5.92 Å². The van der Waals surface area contributed by atoms with Gasteiger partial charge in [0.25, 0.3) is 5.91 Å². The molecule has 1 amide bonds. The van der Waals surface area contributed by atoms with Crippen LogP contribution in [-0.4, -0.2) is 41.5 Å². The van der Waals surface area contributed by atoms with Crippen LogP contribution in [0.2, 0.25) is 5.02 Å². The van der Waals surface area contributed by atoms with Crippen molar-refractivity contribution in [3.05, 3.63) is 45.4 Å². The Hall–Kier alpha value is -2.12. The second-order valence-electron chi connectivity index (χ2n) is 6.21. The van der Waals surface area contributed by atoms with Gasteiger partial charge in [-0.2, -0.15) is 0 Å². The van der Waals surface area contributed by atoms with Crippen LogP contribution in [0.25, 0.3) is 0 Å². The third-order valence-corrected chi connectivity index (χ3v) is 5.32. The average Bonchev–Trinajstić information content (AvgIpc) is 3.15. The summed E-state index contributed by atoms with van der Waals surface area (Å²) < 4.78 is 10.7. The van der Waals surface area contributed by atoms with E-state index in [0.29, 0.717) is 41.2 Å². The Balaban J connectivity index is 1.58. The summed E-state index contributed by atoms with van der Waals surface area (Å²) in [7, 11) is 0. The number of amides is 1. The number of halogens is 1. The van der Waals surface area contributed by atoms with Crippen molar-refractivity contribution in [3.63, 3.8) is 0 Å². The number of piperidine rings is 1. The van der Waals surface area contributed by atoms with Crippen molar-refractivity contribution in [3.8, 4) is 5.75 Å². The van der Waals surface area contributed by atoms with E-state index in [4.69, 9.17) is 21.1 Å². The lowest BCUT2D eigenvalue weighted by atomic mass is 9.98. The molecule has 8 heteroatoms. The zero-order valence-electron chi connectivity index (χ0n) is 15.0. The minimum absolute atomic E-state index is 0.158. The SMILES string of the molecule is CCOC(=O)[C@H]1CCCN(C(=O)c2csc(COc3cccc(Cl)c3)n2)C1. The number of hydrogen-bond donors (Lipinski definition) is 0. The maximum Gasteiger partial charge on any atom is 0.310 e. The van der Waals surface area contributed by atoms with E-state index in [2.05, 4.69) is 4.98 Å². The highest BCUT2D eigenvalue weighted by Crippen LogP contribution is 2.22. The van der Waals surface area contributed by atoms with E-state index in [1.54, 1.807) is 29.3 Å². The fourth-order valence-corrected chi connectivity index (χ4v) is 3.81. The molecule has 0 unspecified atom stereocenters. The summed E-state index contributed by atoms with van der Waals surface area (Å²) in [5, 5.41) is 3.04. The molecule has 0 bridgehead atoms. The quantitative estimate of drug-likeness (QED) is 0.680. The Morgan fingerprint density at radius 3 is 3.04 bits per heavy atom. The molecule has 0 radical (unpaired) electrons. The number of ether oxygens (including phenoxy) is 2. The standard InChI is InChI=1S/C19H21ClN2O4S/c1-2-25-19(24)13-5-4-8-22(10-13)18(23)16-12-27-17(21-16)11-26-15-7-3-6-14(20)9-15/h3,6-7,9,12-13H,2,4-5,8,10-11H2,1H3/t13-/m0/s1. The van der Waals surface area contributed by atoms with Crippen molar-refractivity contribution in [1.82, 2.24) is 9.88 Å². The highest BCUT2D eigenvalue weighted by atomic mass is 35.5. The molecule has 1 saturated heterocycles. The molecule has 0 spiro atoms. The van der Waals surface area contributed by atoms with Gasteiger partial charge in [-0.3, -0.25) is 9.59 Å². The van der Waals surface area contributed by atoms with Crippen molar-refractivity contribution in [2.45, 2.75) is 26.4 Å². The second-order valence-corrected chi connectivity index (χ2v) is 7.59. The predicted molar refractivity (Wildman–Crippen MR) is 103 cm³/mol. The number of rotatable bonds is 6. The molecular weight excluding hydrogens is 388 g/mol. The number of nitrogens with zero attached hydrogens (tertiary/aromatic N) is 2. The minimum atomic E-state index is -0.257. The maximum absolute atomic E-state index is 12.7. The van der Waals surface area contributed by atoms with Gasteiger partial charge in [0.15, 0.2) is 0 Å². The third-order valence-electron chi connectivity index (χ3n) is 4.26. The summed E-state index contributed by atoms with van der Waals surface area (Å²) in [5.41, 5.74) is 0.384. The number of esters is 1. The predicted octanol–water partition coefficient (Wildman–Crippen LogP) is 3.79. The van der Waals surface area contributed by atoms with E-state index in [0.717, 1.165) is 12.8 Å². The van der Waals surface area contributed by atoms with Crippen LogP contribution in [0.1, 0.15) is 35.3 Å². The molecule has 2 aromatic rings. The van der Waals surface area contributed by atoms with Crippen LogP contribution in [0.4, 0.5) is 0 Å². The number of carbonyl (C=O) groups is 2. The molecule has 1 aromatic carbocycles. The normalized spacial score (nSPS) is 16.8. The molecule has 2 heterocycles. The summed E-state index contributed by atoms with van der Waals surface area (Å²) in [6, 6.07) is 7.13. The Kier molecular flexibility index (Phi) is 6.68. The van der Waals surface area contributed by atoms with Gasteiger partial charge in [0.2, 0.25) is 0 Å². The lowest BCUT2D eigenvalue weighted by molar-refractivity contribution is -0.149. The number of benzene rings is 1. The minimum Gasteiger partial charge on any atom is -0.486 e. The van der Waals surface area contributed by atoms with E-state index in [1.807, 2.05) is 12.1 Å². The Labute approximate surface area is 167 Å². The number of carbonyl (C=O) groups excluding carboxylic acids is 2. The maximum atomic E-state index is 12.7. The van der Waals surface area contributed by atoms with Crippen LogP contribution in [0.5, 0.6) is 5.75 Å². The molecule has 6 nitrogen and oxygen atoms in total. The summed E-state index contributed by atoms with van der Waals surface area (Å²) in [4.78, 5) is 30.7. The average molecular weight is 409 g/mol. The molecule has 1 aliphatic heterocycles. The monoisotopic (exact) mass is 408 g/mol. The van der Waals surface area contributed by atoms with E-state index in [-0.39, 0.29) is 24.4 Å². The number of hydrogen-bond acceptors (Lipinski definition) is 6. The van der Waals surface area contributed by atoms with Crippen molar-refractivity contribution >= 4 is 34.8 Å². The molecular formula is C19H21ClN2O4S. The Morgan fingerprint density at radius 2 is 2.26 bits per heavy atom. The van der Waals surface area contributed by atoms with Gasteiger partial charge in [-0.05, 0) is 38.0 Å². The first-order valence-corrected chi connectivity index (χ1v) is 10.1. The first-order chi connectivity index (χ1) is 13.1. The zero-order chi connectivity index (χ0) is 19.2. The second kappa shape index (κ2) is 9.19. The number of likely N-dealkylation sites (tertiary alicyclic amines) is 1. The third kappa shape index (κ3) is 5.20. The summed E-state index contributed by atoms with van der Waals surface area (Å²) in [6.45, 7) is 3.41. The van der Waals surface area contributed by atoms with Gasteiger partial charge >= 0.3 is 5.97 Å². The first kappa shape index (κ1) is 19.6. The topological polar surface area (TPSA) is 68.7 Å². The van der Waals surface area contributed by atoms with Crippen LogP contribution < -0.4 is 4.74 Å². The van der Waals surface area contributed by atoms with Crippen LogP contribution in [0.15, 0.2) is 29.6 Å². The summed E-state index contributed by atoms with van der Waals surface area (Å²) in [5.74, 6) is 0.00365. The molecule has 1 fully saturated rings. The van der Waals surface area contributed by atoms with Gasteiger partial charge in [-0.15, -0.1) is 11.3 Å². The largest absolute Gasteiger partial charge is 0.486 e. The molecule has 0 aliphatic carbocycles. The van der Waals surface area contributed by atoms with Crippen molar-refractivity contribution in [1.29, 1.82) is 0 Å². The van der Waals surface area contributed by atoms with Crippen LogP contribution in [-0.2, 0) is 16.1 Å². The highest BCUT2D eigenvalue weighted by Gasteiger charge is 2.30. The molecule has 1 atom stereocenters. The van der Waals surface area contributed by atoms with Gasteiger partial charge in [-0.1, -0.05) is 17.7 Å². The fourth-order valence-electron chi connectivity index (χ4n) is 2.95. The Bertz CT molecular complexity index is 811. The first-order valence-electron chi connectivity index (χ1n) is 8.85. The molecule has 27 heavy (non-hydrogen) atoms. The lowest BCUT2D eigenvalue weighted by Gasteiger charge is -2.31.